The van der Waals surface area contributed by atoms with Gasteiger partial charge in [0.1, 0.15) is 11.4 Å². The molecule has 0 saturated heterocycles. The molecular weight excluding hydrogens is 319 g/mol. The summed E-state index contributed by atoms with van der Waals surface area (Å²) in [6.45, 7) is 0.201. The Bertz CT molecular complexity index is 951. The number of carbonyl (C=O) groups excluding carboxylic acids is 1. The first-order chi connectivity index (χ1) is 12.1. The van der Waals surface area contributed by atoms with Crippen molar-refractivity contribution < 1.29 is 9.18 Å². The number of halogens is 1. The molecular formula is C20H17FN2O2. The van der Waals surface area contributed by atoms with Crippen LogP contribution in [-0.4, -0.2) is 17.5 Å². The van der Waals surface area contributed by atoms with Gasteiger partial charge >= 0.3 is 0 Å². The van der Waals surface area contributed by atoms with Gasteiger partial charge in [0.25, 0.3) is 11.5 Å². The normalized spacial score (nSPS) is 10.5. The van der Waals surface area contributed by atoms with E-state index in [9.17, 15) is 14.0 Å². The van der Waals surface area contributed by atoms with E-state index >= 15 is 0 Å². The summed E-state index contributed by atoms with van der Waals surface area (Å²) in [7, 11) is 1.63. The summed E-state index contributed by atoms with van der Waals surface area (Å²) >= 11 is 0. The number of hydrogen-bond acceptors (Lipinski definition) is 2. The molecule has 2 aromatic carbocycles. The summed E-state index contributed by atoms with van der Waals surface area (Å²) in [6, 6.07) is 18.3. The van der Waals surface area contributed by atoms with Crippen molar-refractivity contribution in [1.82, 2.24) is 4.57 Å². The molecule has 1 amide bonds. The summed E-state index contributed by atoms with van der Waals surface area (Å²) in [5.74, 6) is -0.744. The second-order valence-electron chi connectivity index (χ2n) is 5.68. The van der Waals surface area contributed by atoms with Crippen molar-refractivity contribution in [1.29, 1.82) is 0 Å². The smallest absolute Gasteiger partial charge is 0.263 e. The zero-order chi connectivity index (χ0) is 17.8. The van der Waals surface area contributed by atoms with Crippen molar-refractivity contribution in [2.24, 2.45) is 0 Å². The van der Waals surface area contributed by atoms with Gasteiger partial charge in [-0.25, -0.2) is 4.39 Å². The molecule has 0 unspecified atom stereocenters. The fourth-order valence-corrected chi connectivity index (χ4v) is 2.61. The molecule has 3 aromatic rings. The van der Waals surface area contributed by atoms with Crippen LogP contribution < -0.4 is 10.5 Å². The fourth-order valence-electron chi connectivity index (χ4n) is 2.61. The number of hydrogen-bond donors (Lipinski definition) is 0. The SMILES string of the molecule is CN(C(=O)c1cccn(Cc2cccc(F)c2)c1=O)c1ccccc1. The highest BCUT2D eigenvalue weighted by Crippen LogP contribution is 2.13. The highest BCUT2D eigenvalue weighted by atomic mass is 19.1. The first kappa shape index (κ1) is 16.6. The van der Waals surface area contributed by atoms with Crippen LogP contribution in [0.4, 0.5) is 10.1 Å². The number of para-hydroxylation sites is 1. The Kier molecular flexibility index (Phi) is 4.75. The highest BCUT2D eigenvalue weighted by molar-refractivity contribution is 6.05. The predicted molar refractivity (Wildman–Crippen MR) is 95.4 cm³/mol. The number of rotatable bonds is 4. The minimum Gasteiger partial charge on any atom is -0.311 e. The van der Waals surface area contributed by atoms with E-state index in [0.29, 0.717) is 11.3 Å². The van der Waals surface area contributed by atoms with Crippen molar-refractivity contribution in [2.75, 3.05) is 11.9 Å². The molecule has 0 spiro atoms. The monoisotopic (exact) mass is 336 g/mol. The molecule has 126 valence electrons. The molecule has 25 heavy (non-hydrogen) atoms. The standard InChI is InChI=1S/C20H17FN2O2/c1-22(17-9-3-2-4-10-17)19(24)18-11-6-12-23(20(18)25)14-15-7-5-8-16(21)13-15/h2-13H,14H2,1H3. The molecule has 0 aliphatic rings. The van der Waals surface area contributed by atoms with E-state index in [0.717, 1.165) is 0 Å². The lowest BCUT2D eigenvalue weighted by atomic mass is 10.2. The Morgan fingerprint density at radius 1 is 1.04 bits per heavy atom. The van der Waals surface area contributed by atoms with Crippen LogP contribution in [0.5, 0.6) is 0 Å². The zero-order valence-corrected chi connectivity index (χ0v) is 13.7. The van der Waals surface area contributed by atoms with Crippen LogP contribution in [-0.2, 0) is 6.54 Å². The maximum Gasteiger partial charge on any atom is 0.263 e. The van der Waals surface area contributed by atoms with E-state index in [1.165, 1.54) is 27.7 Å². The molecule has 0 bridgehead atoms. The summed E-state index contributed by atoms with van der Waals surface area (Å²) in [4.78, 5) is 26.8. The number of anilines is 1. The third kappa shape index (κ3) is 3.66. The van der Waals surface area contributed by atoms with Gasteiger partial charge in [-0.3, -0.25) is 9.59 Å². The van der Waals surface area contributed by atoms with Gasteiger partial charge in [0.2, 0.25) is 0 Å². The fraction of sp³-hybridized carbons (Fsp3) is 0.100. The first-order valence-corrected chi connectivity index (χ1v) is 7.83. The molecule has 0 aliphatic carbocycles. The van der Waals surface area contributed by atoms with Crippen LogP contribution in [0.15, 0.2) is 77.7 Å². The summed E-state index contributed by atoms with van der Waals surface area (Å²) in [5, 5.41) is 0. The maximum atomic E-state index is 13.3. The molecule has 1 heterocycles. The van der Waals surface area contributed by atoms with Crippen molar-refractivity contribution in [2.45, 2.75) is 6.54 Å². The van der Waals surface area contributed by atoms with E-state index in [1.54, 1.807) is 43.6 Å². The van der Waals surface area contributed by atoms with E-state index in [1.807, 2.05) is 18.2 Å². The number of pyridine rings is 1. The van der Waals surface area contributed by atoms with Crippen LogP contribution in [0.2, 0.25) is 0 Å². The maximum absolute atomic E-state index is 13.3. The van der Waals surface area contributed by atoms with Crippen molar-refractivity contribution in [3.8, 4) is 0 Å². The molecule has 5 heteroatoms. The molecule has 0 saturated carbocycles. The Hall–Kier alpha value is -3.21. The van der Waals surface area contributed by atoms with Crippen molar-refractivity contribution in [3.63, 3.8) is 0 Å². The second-order valence-corrected chi connectivity index (χ2v) is 5.68. The Morgan fingerprint density at radius 3 is 2.52 bits per heavy atom. The lowest BCUT2D eigenvalue weighted by Crippen LogP contribution is -2.34. The summed E-state index contributed by atoms with van der Waals surface area (Å²) in [6.07, 6.45) is 1.59. The molecule has 0 atom stereocenters. The predicted octanol–water partition coefficient (Wildman–Crippen LogP) is 3.31. The van der Waals surface area contributed by atoms with Crippen LogP contribution in [0, 0.1) is 5.82 Å². The van der Waals surface area contributed by atoms with Crippen LogP contribution in [0.3, 0.4) is 0 Å². The van der Waals surface area contributed by atoms with E-state index in [2.05, 4.69) is 0 Å². The summed E-state index contributed by atoms with van der Waals surface area (Å²) < 4.78 is 14.7. The van der Waals surface area contributed by atoms with Crippen molar-refractivity contribution >= 4 is 11.6 Å². The average Bonchev–Trinajstić information content (AvgIpc) is 2.63. The molecule has 1 aromatic heterocycles. The number of carbonyl (C=O) groups is 1. The molecule has 0 fully saturated rings. The van der Waals surface area contributed by atoms with Gasteiger partial charge in [-0.2, -0.15) is 0 Å². The Balaban J connectivity index is 1.91. The molecule has 0 radical (unpaired) electrons. The van der Waals surface area contributed by atoms with Gasteiger partial charge in [0, 0.05) is 18.9 Å². The summed E-state index contributed by atoms with van der Waals surface area (Å²) in [5.41, 5.74) is 1.03. The van der Waals surface area contributed by atoms with Gasteiger partial charge in [-0.05, 0) is 42.0 Å². The van der Waals surface area contributed by atoms with Crippen molar-refractivity contribution in [3.05, 3.63) is 100 Å². The van der Waals surface area contributed by atoms with E-state index in [-0.39, 0.29) is 23.8 Å². The van der Waals surface area contributed by atoms with Gasteiger partial charge < -0.3 is 9.47 Å². The third-order valence-corrected chi connectivity index (χ3v) is 3.94. The Labute approximate surface area is 144 Å². The molecule has 4 nitrogen and oxygen atoms in total. The second kappa shape index (κ2) is 7.13. The first-order valence-electron chi connectivity index (χ1n) is 7.83. The van der Waals surface area contributed by atoms with E-state index < -0.39 is 5.56 Å². The molecule has 0 N–H and O–H groups in total. The van der Waals surface area contributed by atoms with Crippen LogP contribution in [0.1, 0.15) is 15.9 Å². The molecule has 3 rings (SSSR count). The zero-order valence-electron chi connectivity index (χ0n) is 13.7. The van der Waals surface area contributed by atoms with Gasteiger partial charge in [-0.1, -0.05) is 30.3 Å². The van der Waals surface area contributed by atoms with Gasteiger partial charge in [0.05, 0.1) is 6.54 Å². The van der Waals surface area contributed by atoms with Gasteiger partial charge in [-0.15, -0.1) is 0 Å². The minimum absolute atomic E-state index is 0.0743. The average molecular weight is 336 g/mol. The number of amides is 1. The number of benzene rings is 2. The molecule has 0 aliphatic heterocycles. The largest absolute Gasteiger partial charge is 0.311 e. The van der Waals surface area contributed by atoms with Crippen LogP contribution in [0.25, 0.3) is 0 Å². The lowest BCUT2D eigenvalue weighted by molar-refractivity contribution is 0.0991. The third-order valence-electron chi connectivity index (χ3n) is 3.94. The van der Waals surface area contributed by atoms with Gasteiger partial charge in [0.15, 0.2) is 0 Å². The lowest BCUT2D eigenvalue weighted by Gasteiger charge is -2.17. The topological polar surface area (TPSA) is 42.3 Å². The van der Waals surface area contributed by atoms with Crippen LogP contribution >= 0.6 is 0 Å². The highest BCUT2D eigenvalue weighted by Gasteiger charge is 2.17. The Morgan fingerprint density at radius 2 is 1.80 bits per heavy atom. The number of aromatic nitrogens is 1. The van der Waals surface area contributed by atoms with E-state index in [4.69, 9.17) is 0 Å². The minimum atomic E-state index is -0.403. The number of nitrogens with zero attached hydrogens (tertiary/aromatic N) is 2. The quantitative estimate of drug-likeness (QED) is 0.733.